The Labute approximate surface area is 196 Å². The fraction of sp³-hybridized carbons (Fsp3) is 0.417. The van der Waals surface area contributed by atoms with Crippen LogP contribution in [0, 0.1) is 11.8 Å². The first-order valence-electron chi connectivity index (χ1n) is 10.8. The standard InChI is InChI=1S/C24H26N2O8/c1-28-18-6-12(7-19(29-2)23(18)30-3)20-13-8-16-17(34-11-33-16)9-14(13)22(25-31-4)15-10-26(32-5)24(27)21(15)20/h6-9,15,20-21H,10-11H2,1-5H3/b25-22+/t15-,20+,21+/m0/s1. The number of carbonyl (C=O) groups is 1. The van der Waals surface area contributed by atoms with Crippen molar-refractivity contribution in [2.75, 3.05) is 48.9 Å². The monoisotopic (exact) mass is 470 g/mol. The summed E-state index contributed by atoms with van der Waals surface area (Å²) in [4.78, 5) is 24.1. The molecule has 10 heteroatoms. The van der Waals surface area contributed by atoms with Crippen molar-refractivity contribution in [1.82, 2.24) is 5.06 Å². The number of ether oxygens (including phenoxy) is 5. The molecule has 180 valence electrons. The molecule has 3 atom stereocenters. The van der Waals surface area contributed by atoms with Crippen LogP contribution in [0.2, 0.25) is 0 Å². The molecular weight excluding hydrogens is 444 g/mol. The number of rotatable bonds is 6. The molecule has 2 aliphatic heterocycles. The first kappa shape index (κ1) is 22.1. The van der Waals surface area contributed by atoms with Gasteiger partial charge in [-0.3, -0.25) is 9.63 Å². The average Bonchev–Trinajstić information content (AvgIpc) is 3.45. The molecule has 1 amide bonds. The van der Waals surface area contributed by atoms with E-state index in [0.717, 1.165) is 16.7 Å². The zero-order valence-electron chi connectivity index (χ0n) is 19.6. The van der Waals surface area contributed by atoms with Gasteiger partial charge in [-0.2, -0.15) is 0 Å². The van der Waals surface area contributed by atoms with E-state index in [2.05, 4.69) is 5.16 Å². The summed E-state index contributed by atoms with van der Waals surface area (Å²) in [5.74, 6) is 1.43. The van der Waals surface area contributed by atoms with Crippen molar-refractivity contribution < 1.29 is 38.2 Å². The number of hydrogen-bond donors (Lipinski definition) is 0. The summed E-state index contributed by atoms with van der Waals surface area (Å²) in [6.45, 7) is 0.476. The second-order valence-corrected chi connectivity index (χ2v) is 8.10. The molecule has 1 saturated heterocycles. The fourth-order valence-electron chi connectivity index (χ4n) is 5.23. The Morgan fingerprint density at radius 2 is 1.62 bits per heavy atom. The Bertz CT molecular complexity index is 1140. The van der Waals surface area contributed by atoms with E-state index >= 15 is 0 Å². The van der Waals surface area contributed by atoms with Gasteiger partial charge in [0.05, 0.1) is 46.6 Å². The number of benzene rings is 2. The number of amides is 1. The minimum atomic E-state index is -0.496. The van der Waals surface area contributed by atoms with E-state index in [1.807, 2.05) is 24.3 Å². The molecule has 3 aliphatic rings. The SMILES string of the molecule is CO/N=C1\c2cc3c(cc2[C@@H](c2cc(OC)c(OC)c(OC)c2)[C@@H]2C(=O)N(OC)C[C@H]12)OCO3. The van der Waals surface area contributed by atoms with E-state index in [4.69, 9.17) is 33.4 Å². The van der Waals surface area contributed by atoms with Crippen LogP contribution in [-0.4, -0.2) is 65.6 Å². The van der Waals surface area contributed by atoms with Gasteiger partial charge in [0.2, 0.25) is 12.5 Å². The highest BCUT2D eigenvalue weighted by Crippen LogP contribution is 2.53. The molecule has 2 aromatic carbocycles. The molecule has 0 N–H and O–H groups in total. The van der Waals surface area contributed by atoms with Crippen LogP contribution in [0.1, 0.15) is 22.6 Å². The molecular formula is C24H26N2O8. The van der Waals surface area contributed by atoms with Crippen LogP contribution in [0.25, 0.3) is 0 Å². The quantitative estimate of drug-likeness (QED) is 0.595. The summed E-state index contributed by atoms with van der Waals surface area (Å²) < 4.78 is 28.0. The number of carbonyl (C=O) groups excluding carboxylic acids is 1. The van der Waals surface area contributed by atoms with Crippen molar-refractivity contribution in [1.29, 1.82) is 0 Å². The van der Waals surface area contributed by atoms with E-state index in [-0.39, 0.29) is 24.5 Å². The lowest BCUT2D eigenvalue weighted by molar-refractivity contribution is -0.169. The molecule has 34 heavy (non-hydrogen) atoms. The molecule has 0 radical (unpaired) electrons. The summed E-state index contributed by atoms with van der Waals surface area (Å²) in [5, 5.41) is 5.71. The van der Waals surface area contributed by atoms with Crippen molar-refractivity contribution >= 4 is 11.6 Å². The maximum absolute atomic E-state index is 13.5. The van der Waals surface area contributed by atoms with Gasteiger partial charge in [-0.15, -0.1) is 0 Å². The van der Waals surface area contributed by atoms with Gasteiger partial charge in [-0.05, 0) is 35.4 Å². The molecule has 0 spiro atoms. The van der Waals surface area contributed by atoms with Gasteiger partial charge in [0, 0.05) is 17.4 Å². The first-order chi connectivity index (χ1) is 16.6. The molecule has 1 aliphatic carbocycles. The van der Waals surface area contributed by atoms with Crippen molar-refractivity contribution in [3.05, 3.63) is 41.0 Å². The van der Waals surface area contributed by atoms with E-state index in [9.17, 15) is 4.79 Å². The molecule has 0 aromatic heterocycles. The van der Waals surface area contributed by atoms with E-state index in [1.54, 1.807) is 21.3 Å². The van der Waals surface area contributed by atoms with Gasteiger partial charge in [0.15, 0.2) is 23.0 Å². The van der Waals surface area contributed by atoms with Crippen LogP contribution in [0.15, 0.2) is 29.4 Å². The second-order valence-electron chi connectivity index (χ2n) is 8.10. The maximum Gasteiger partial charge on any atom is 0.250 e. The number of methoxy groups -OCH3 is 3. The smallest absolute Gasteiger partial charge is 0.250 e. The van der Waals surface area contributed by atoms with Crippen LogP contribution in [0.4, 0.5) is 0 Å². The van der Waals surface area contributed by atoms with Gasteiger partial charge < -0.3 is 28.5 Å². The summed E-state index contributed by atoms with van der Waals surface area (Å²) in [7, 11) is 7.66. The fourth-order valence-corrected chi connectivity index (χ4v) is 5.23. The Morgan fingerprint density at radius 1 is 0.941 bits per heavy atom. The lowest BCUT2D eigenvalue weighted by Crippen LogP contribution is -2.37. The Morgan fingerprint density at radius 3 is 2.21 bits per heavy atom. The predicted octanol–water partition coefficient (Wildman–Crippen LogP) is 2.57. The molecule has 10 nitrogen and oxygen atoms in total. The summed E-state index contributed by atoms with van der Waals surface area (Å²) >= 11 is 0. The number of hydrogen-bond acceptors (Lipinski definition) is 9. The van der Waals surface area contributed by atoms with Gasteiger partial charge >= 0.3 is 0 Å². The third-order valence-electron chi connectivity index (χ3n) is 6.65. The molecule has 0 bridgehead atoms. The van der Waals surface area contributed by atoms with Crippen LogP contribution < -0.4 is 23.7 Å². The third kappa shape index (κ3) is 3.20. The average molecular weight is 470 g/mol. The van der Waals surface area contributed by atoms with Crippen molar-refractivity contribution in [3.63, 3.8) is 0 Å². The topological polar surface area (TPSA) is 97.3 Å². The molecule has 0 saturated carbocycles. The number of hydroxylamine groups is 2. The minimum Gasteiger partial charge on any atom is -0.493 e. The number of oxime groups is 1. The van der Waals surface area contributed by atoms with Crippen LogP contribution >= 0.6 is 0 Å². The second kappa shape index (κ2) is 8.60. The zero-order valence-corrected chi connectivity index (χ0v) is 19.6. The maximum atomic E-state index is 13.5. The van der Waals surface area contributed by atoms with Crippen LogP contribution in [0.3, 0.4) is 0 Å². The lowest BCUT2D eigenvalue weighted by atomic mass is 9.66. The number of nitrogens with zero attached hydrogens (tertiary/aromatic N) is 2. The van der Waals surface area contributed by atoms with Gasteiger partial charge in [-0.1, -0.05) is 5.16 Å². The van der Waals surface area contributed by atoms with E-state index in [0.29, 0.717) is 41.0 Å². The molecule has 0 unspecified atom stereocenters. The van der Waals surface area contributed by atoms with Crippen molar-refractivity contribution in [2.45, 2.75) is 5.92 Å². The van der Waals surface area contributed by atoms with E-state index < -0.39 is 5.92 Å². The number of fused-ring (bicyclic) bond motifs is 3. The minimum absolute atomic E-state index is 0.132. The van der Waals surface area contributed by atoms with Gasteiger partial charge in [0.25, 0.3) is 5.91 Å². The molecule has 5 rings (SSSR count). The summed E-state index contributed by atoms with van der Waals surface area (Å²) in [6, 6.07) is 7.56. The Balaban J connectivity index is 1.78. The Kier molecular flexibility index (Phi) is 5.60. The zero-order chi connectivity index (χ0) is 24.0. The van der Waals surface area contributed by atoms with Crippen LogP contribution in [0.5, 0.6) is 28.7 Å². The van der Waals surface area contributed by atoms with Crippen LogP contribution in [-0.2, 0) is 14.5 Å². The van der Waals surface area contributed by atoms with Gasteiger partial charge in [0.1, 0.15) is 7.11 Å². The van der Waals surface area contributed by atoms with E-state index in [1.165, 1.54) is 19.3 Å². The highest BCUT2D eigenvalue weighted by atomic mass is 16.7. The third-order valence-corrected chi connectivity index (χ3v) is 6.65. The largest absolute Gasteiger partial charge is 0.493 e. The van der Waals surface area contributed by atoms with Crippen molar-refractivity contribution in [2.24, 2.45) is 17.0 Å². The molecule has 2 aromatic rings. The van der Waals surface area contributed by atoms with Gasteiger partial charge in [-0.25, -0.2) is 5.06 Å². The predicted molar refractivity (Wildman–Crippen MR) is 120 cm³/mol. The normalized spacial score (nSPS) is 23.6. The summed E-state index contributed by atoms with van der Waals surface area (Å²) in [5.41, 5.74) is 3.18. The lowest BCUT2D eigenvalue weighted by Gasteiger charge is -2.35. The first-order valence-corrected chi connectivity index (χ1v) is 10.8. The highest BCUT2D eigenvalue weighted by molar-refractivity contribution is 6.09. The highest BCUT2D eigenvalue weighted by Gasteiger charge is 2.53. The summed E-state index contributed by atoms with van der Waals surface area (Å²) in [6.07, 6.45) is 0. The van der Waals surface area contributed by atoms with Crippen molar-refractivity contribution in [3.8, 4) is 28.7 Å². The molecule has 2 heterocycles. The Hall–Kier alpha value is -3.66. The molecule has 1 fully saturated rings.